The van der Waals surface area contributed by atoms with Crippen LogP contribution < -0.4 is 4.72 Å². The second-order valence-electron chi connectivity index (χ2n) is 6.33. The van der Waals surface area contributed by atoms with Gasteiger partial charge >= 0.3 is 0 Å². The Balaban J connectivity index is 2.10. The zero-order valence-electron chi connectivity index (χ0n) is 15.3. The van der Waals surface area contributed by atoms with Crippen molar-refractivity contribution in [2.75, 3.05) is 5.75 Å². The Morgan fingerprint density at radius 3 is 2.65 bits per heavy atom. The molecular weight excluding hydrogens is 374 g/mol. The van der Waals surface area contributed by atoms with E-state index in [2.05, 4.69) is 9.71 Å². The van der Waals surface area contributed by atoms with E-state index in [-0.39, 0.29) is 11.4 Å². The molecule has 0 bridgehead atoms. The van der Waals surface area contributed by atoms with Crippen molar-refractivity contribution < 1.29 is 13.2 Å². The van der Waals surface area contributed by atoms with Gasteiger partial charge in [-0.2, -0.15) is 0 Å². The normalized spacial score (nSPS) is 11.5. The van der Waals surface area contributed by atoms with Crippen molar-refractivity contribution in [3.05, 3.63) is 52.1 Å². The summed E-state index contributed by atoms with van der Waals surface area (Å²) in [7, 11) is -3.64. The number of unbranched alkanes of at least 4 members (excludes halogenated alkanes) is 2. The molecule has 26 heavy (non-hydrogen) atoms. The smallest absolute Gasteiger partial charge is 0.284 e. The number of carbonyl (C=O) groups is 1. The maximum Gasteiger partial charge on any atom is 0.284 e. The first-order chi connectivity index (χ1) is 12.2. The summed E-state index contributed by atoms with van der Waals surface area (Å²) in [5.74, 6) is -0.125. The highest BCUT2D eigenvalue weighted by atomic mass is 35.5. The summed E-state index contributed by atoms with van der Waals surface area (Å²) in [6.45, 7) is 6.25. The number of hydrogen-bond donors (Lipinski definition) is 1. The molecule has 0 unspecified atom stereocenters. The van der Waals surface area contributed by atoms with E-state index in [0.29, 0.717) is 23.8 Å². The summed E-state index contributed by atoms with van der Waals surface area (Å²) in [5.41, 5.74) is 2.18. The molecule has 0 radical (unpaired) electrons. The number of rotatable bonds is 8. The largest absolute Gasteiger partial charge is 0.330 e. The molecule has 0 atom stereocenters. The zero-order valence-corrected chi connectivity index (χ0v) is 16.8. The van der Waals surface area contributed by atoms with Crippen LogP contribution in [0.5, 0.6) is 0 Å². The fourth-order valence-corrected chi connectivity index (χ4v) is 3.88. The summed E-state index contributed by atoms with van der Waals surface area (Å²) in [5, 5.41) is 0.668. The molecule has 142 valence electrons. The van der Waals surface area contributed by atoms with Crippen molar-refractivity contribution in [1.82, 2.24) is 14.3 Å². The fourth-order valence-electron chi connectivity index (χ4n) is 2.58. The van der Waals surface area contributed by atoms with Gasteiger partial charge in [-0.15, -0.1) is 0 Å². The molecule has 1 amide bonds. The average molecular weight is 398 g/mol. The molecule has 0 saturated heterocycles. The number of benzene rings is 1. The van der Waals surface area contributed by atoms with E-state index in [1.165, 1.54) is 0 Å². The van der Waals surface area contributed by atoms with Gasteiger partial charge in [-0.25, -0.2) is 18.1 Å². The molecule has 8 heteroatoms. The van der Waals surface area contributed by atoms with E-state index in [0.717, 1.165) is 24.0 Å². The van der Waals surface area contributed by atoms with Crippen LogP contribution in [-0.4, -0.2) is 29.6 Å². The summed E-state index contributed by atoms with van der Waals surface area (Å²) >= 11 is 5.97. The van der Waals surface area contributed by atoms with Gasteiger partial charge in [-0.1, -0.05) is 37.4 Å². The predicted molar refractivity (Wildman–Crippen MR) is 103 cm³/mol. The van der Waals surface area contributed by atoms with Crippen LogP contribution in [0, 0.1) is 13.8 Å². The Morgan fingerprint density at radius 2 is 2.00 bits per heavy atom. The fraction of sp³-hybridized carbons (Fsp3) is 0.444. The first-order valence-electron chi connectivity index (χ1n) is 8.55. The number of halogens is 1. The van der Waals surface area contributed by atoms with Crippen molar-refractivity contribution in [2.24, 2.45) is 0 Å². The molecule has 1 N–H and O–H groups in total. The zero-order chi connectivity index (χ0) is 19.3. The molecule has 1 aromatic heterocycles. The predicted octanol–water partition coefficient (Wildman–Crippen LogP) is 3.45. The van der Waals surface area contributed by atoms with Crippen LogP contribution in [0.1, 0.15) is 53.6 Å². The molecule has 0 aliphatic heterocycles. The van der Waals surface area contributed by atoms with Crippen molar-refractivity contribution in [1.29, 1.82) is 0 Å². The summed E-state index contributed by atoms with van der Waals surface area (Å²) in [4.78, 5) is 16.4. The average Bonchev–Trinajstić information content (AvgIpc) is 2.91. The van der Waals surface area contributed by atoms with Gasteiger partial charge in [0.2, 0.25) is 10.0 Å². The first-order valence-corrected chi connectivity index (χ1v) is 10.6. The van der Waals surface area contributed by atoms with Crippen LogP contribution in [-0.2, 0) is 16.6 Å². The Kier molecular flexibility index (Phi) is 6.83. The molecule has 6 nitrogen and oxygen atoms in total. The second-order valence-corrected chi connectivity index (χ2v) is 8.61. The van der Waals surface area contributed by atoms with Crippen LogP contribution in [0.25, 0.3) is 0 Å². The minimum atomic E-state index is -3.64. The topological polar surface area (TPSA) is 81.1 Å². The van der Waals surface area contributed by atoms with E-state index >= 15 is 0 Å². The Labute approximate surface area is 159 Å². The third kappa shape index (κ3) is 5.57. The molecule has 2 rings (SSSR count). The SMILES string of the molecule is CCCCCS(=O)(=O)NC(=O)c1cn(Cc2ccc(Cl)cc2C)c(C)n1. The lowest BCUT2D eigenvalue weighted by Gasteiger charge is -2.08. The number of nitrogens with one attached hydrogen (secondary N) is 1. The van der Waals surface area contributed by atoms with Crippen LogP contribution in [0.3, 0.4) is 0 Å². The quantitative estimate of drug-likeness (QED) is 0.691. The molecule has 0 aliphatic carbocycles. The van der Waals surface area contributed by atoms with Crippen LogP contribution in [0.2, 0.25) is 5.02 Å². The molecular formula is C18H24ClN3O3S. The lowest BCUT2D eigenvalue weighted by atomic mass is 10.1. The number of aryl methyl sites for hydroxylation is 2. The maximum atomic E-state index is 12.2. The van der Waals surface area contributed by atoms with Gasteiger partial charge in [0.1, 0.15) is 11.5 Å². The minimum absolute atomic E-state index is 0.0593. The third-order valence-corrected chi connectivity index (χ3v) is 5.68. The van der Waals surface area contributed by atoms with Crippen LogP contribution in [0.15, 0.2) is 24.4 Å². The highest BCUT2D eigenvalue weighted by Gasteiger charge is 2.19. The molecule has 0 spiro atoms. The lowest BCUT2D eigenvalue weighted by molar-refractivity contribution is 0.0977. The highest BCUT2D eigenvalue weighted by Crippen LogP contribution is 2.17. The monoisotopic (exact) mass is 397 g/mol. The Bertz CT molecular complexity index is 891. The Morgan fingerprint density at radius 1 is 1.27 bits per heavy atom. The van der Waals surface area contributed by atoms with E-state index in [9.17, 15) is 13.2 Å². The minimum Gasteiger partial charge on any atom is -0.330 e. The van der Waals surface area contributed by atoms with Gasteiger partial charge in [-0.3, -0.25) is 4.79 Å². The molecule has 1 heterocycles. The van der Waals surface area contributed by atoms with Crippen molar-refractivity contribution in [2.45, 2.75) is 46.6 Å². The van der Waals surface area contributed by atoms with Crippen LogP contribution >= 0.6 is 11.6 Å². The third-order valence-electron chi connectivity index (χ3n) is 4.12. The number of nitrogens with zero attached hydrogens (tertiary/aromatic N) is 2. The summed E-state index contributed by atoms with van der Waals surface area (Å²) in [6.07, 6.45) is 3.82. The van der Waals surface area contributed by atoms with Gasteiger partial charge in [-0.05, 0) is 43.5 Å². The summed E-state index contributed by atoms with van der Waals surface area (Å²) < 4.78 is 27.8. The number of amides is 1. The summed E-state index contributed by atoms with van der Waals surface area (Å²) in [6, 6.07) is 5.61. The molecule has 2 aromatic rings. The van der Waals surface area contributed by atoms with E-state index in [1.54, 1.807) is 13.1 Å². The second kappa shape index (κ2) is 8.68. The van der Waals surface area contributed by atoms with Gasteiger partial charge in [0.15, 0.2) is 0 Å². The number of hydrogen-bond acceptors (Lipinski definition) is 4. The molecule has 0 saturated carbocycles. The lowest BCUT2D eigenvalue weighted by Crippen LogP contribution is -2.32. The number of aromatic nitrogens is 2. The number of imidazole rings is 1. The van der Waals surface area contributed by atoms with Crippen molar-refractivity contribution >= 4 is 27.5 Å². The Hall–Kier alpha value is -1.86. The van der Waals surface area contributed by atoms with E-state index in [1.807, 2.05) is 36.6 Å². The molecule has 0 fully saturated rings. The van der Waals surface area contributed by atoms with Crippen LogP contribution in [0.4, 0.5) is 0 Å². The highest BCUT2D eigenvalue weighted by molar-refractivity contribution is 7.90. The van der Waals surface area contributed by atoms with Crippen molar-refractivity contribution in [3.8, 4) is 0 Å². The maximum absolute atomic E-state index is 12.2. The standard InChI is InChI=1S/C18H24ClN3O3S/c1-4-5-6-9-26(24,25)21-18(23)17-12-22(14(3)20-17)11-15-7-8-16(19)10-13(15)2/h7-8,10,12H,4-6,9,11H2,1-3H3,(H,21,23). The van der Waals surface area contributed by atoms with Gasteiger partial charge in [0.25, 0.3) is 5.91 Å². The molecule has 0 aliphatic rings. The van der Waals surface area contributed by atoms with E-state index in [4.69, 9.17) is 11.6 Å². The van der Waals surface area contributed by atoms with Crippen molar-refractivity contribution in [3.63, 3.8) is 0 Å². The number of sulfonamides is 1. The first kappa shape index (κ1) is 20.5. The van der Waals surface area contributed by atoms with E-state index < -0.39 is 15.9 Å². The molecule has 1 aromatic carbocycles. The van der Waals surface area contributed by atoms with Gasteiger partial charge in [0, 0.05) is 17.8 Å². The van der Waals surface area contributed by atoms with Gasteiger partial charge in [0.05, 0.1) is 5.75 Å². The van der Waals surface area contributed by atoms with Gasteiger partial charge < -0.3 is 4.57 Å². The number of carbonyl (C=O) groups excluding carboxylic acids is 1.